The van der Waals surface area contributed by atoms with Gasteiger partial charge in [-0.2, -0.15) is 0 Å². The second-order valence-corrected chi connectivity index (χ2v) is 8.07. The molecule has 0 saturated heterocycles. The largest absolute Gasteiger partial charge is 0.483 e. The van der Waals surface area contributed by atoms with E-state index in [1.54, 1.807) is 12.1 Å². The van der Waals surface area contributed by atoms with Crippen LogP contribution < -0.4 is 10.1 Å². The van der Waals surface area contributed by atoms with Gasteiger partial charge in [-0.05, 0) is 63.6 Å². The fourth-order valence-electron chi connectivity index (χ4n) is 3.47. The van der Waals surface area contributed by atoms with Crippen LogP contribution in [-0.4, -0.2) is 23.8 Å². The number of anilines is 1. The summed E-state index contributed by atoms with van der Waals surface area (Å²) in [5.41, 5.74) is 1.93. The van der Waals surface area contributed by atoms with Crippen molar-refractivity contribution in [3.05, 3.63) is 59.4 Å². The lowest BCUT2D eigenvalue weighted by molar-refractivity contribution is -0.187. The van der Waals surface area contributed by atoms with Crippen LogP contribution in [0.15, 0.2) is 42.5 Å². The maximum Gasteiger partial charge on any atom is 0.303 e. The third kappa shape index (κ3) is 5.07. The van der Waals surface area contributed by atoms with Gasteiger partial charge < -0.3 is 19.5 Å². The van der Waals surface area contributed by atoms with Crippen molar-refractivity contribution in [3.63, 3.8) is 0 Å². The Kier molecular flexibility index (Phi) is 6.13. The summed E-state index contributed by atoms with van der Waals surface area (Å²) >= 11 is 0. The molecule has 0 bridgehead atoms. The molecule has 1 aliphatic heterocycles. The van der Waals surface area contributed by atoms with E-state index in [1.165, 1.54) is 19.1 Å². The van der Waals surface area contributed by atoms with E-state index < -0.39 is 17.8 Å². The van der Waals surface area contributed by atoms with Crippen molar-refractivity contribution in [2.75, 3.05) is 5.32 Å². The highest BCUT2D eigenvalue weighted by Crippen LogP contribution is 2.44. The predicted octanol–water partition coefficient (Wildman–Crippen LogP) is 5.01. The first kappa shape index (κ1) is 21.1. The highest BCUT2D eigenvalue weighted by molar-refractivity contribution is 5.66. The zero-order chi connectivity index (χ0) is 21.2. The zero-order valence-corrected chi connectivity index (χ0v) is 17.5. The van der Waals surface area contributed by atoms with Gasteiger partial charge in [0.15, 0.2) is 6.10 Å². The number of carbonyl (C=O) groups is 1. The van der Waals surface area contributed by atoms with Crippen molar-refractivity contribution in [1.82, 2.24) is 0 Å². The van der Waals surface area contributed by atoms with Crippen LogP contribution in [-0.2, 0) is 20.8 Å². The lowest BCUT2D eigenvalue weighted by Gasteiger charge is -2.44. The van der Waals surface area contributed by atoms with E-state index in [9.17, 15) is 9.18 Å². The Morgan fingerprint density at radius 3 is 2.52 bits per heavy atom. The normalized spacial score (nSPS) is 20.0. The van der Waals surface area contributed by atoms with Crippen LogP contribution in [0.25, 0.3) is 0 Å². The SMILES string of the molecule is CC(=O)OC1C(OC(C)C)c2cc(NCc3ccc(F)cc3)ccc2OC1(C)C. The van der Waals surface area contributed by atoms with Gasteiger partial charge in [-0.1, -0.05) is 12.1 Å². The van der Waals surface area contributed by atoms with Crippen molar-refractivity contribution < 1.29 is 23.4 Å². The number of rotatable bonds is 6. The van der Waals surface area contributed by atoms with Crippen LogP contribution in [0.3, 0.4) is 0 Å². The number of hydrogen-bond donors (Lipinski definition) is 1. The molecule has 0 aromatic heterocycles. The molecule has 0 saturated carbocycles. The second-order valence-electron chi connectivity index (χ2n) is 8.07. The van der Waals surface area contributed by atoms with Gasteiger partial charge in [0.05, 0.1) is 6.10 Å². The standard InChI is InChI=1S/C23H28FNO4/c1-14(2)27-21-19-12-18(25-13-16-6-8-17(24)9-7-16)10-11-20(19)29-23(4,5)22(21)28-15(3)26/h6-12,14,21-22,25H,13H2,1-5H3. The van der Waals surface area contributed by atoms with Crippen molar-refractivity contribution in [2.24, 2.45) is 0 Å². The van der Waals surface area contributed by atoms with E-state index in [0.717, 1.165) is 16.8 Å². The molecule has 6 heteroatoms. The Labute approximate surface area is 171 Å². The van der Waals surface area contributed by atoms with Gasteiger partial charge in [0.25, 0.3) is 0 Å². The van der Waals surface area contributed by atoms with Crippen molar-refractivity contribution in [2.45, 2.75) is 65.1 Å². The minimum absolute atomic E-state index is 0.0596. The lowest BCUT2D eigenvalue weighted by atomic mass is 9.87. The summed E-state index contributed by atoms with van der Waals surface area (Å²) in [6.07, 6.45) is -1.09. The number of benzene rings is 2. The fourth-order valence-corrected chi connectivity index (χ4v) is 3.47. The molecule has 2 unspecified atom stereocenters. The molecule has 0 aliphatic carbocycles. The molecule has 1 N–H and O–H groups in total. The molecule has 156 valence electrons. The molecule has 0 fully saturated rings. The topological polar surface area (TPSA) is 56.8 Å². The molecule has 1 aliphatic rings. The molecule has 2 atom stereocenters. The van der Waals surface area contributed by atoms with Gasteiger partial charge in [-0.15, -0.1) is 0 Å². The van der Waals surface area contributed by atoms with E-state index >= 15 is 0 Å². The average Bonchev–Trinajstić information content (AvgIpc) is 2.63. The first-order valence-electron chi connectivity index (χ1n) is 9.79. The quantitative estimate of drug-likeness (QED) is 0.690. The van der Waals surface area contributed by atoms with Gasteiger partial charge >= 0.3 is 5.97 Å². The number of nitrogens with one attached hydrogen (secondary N) is 1. The van der Waals surface area contributed by atoms with Gasteiger partial charge in [-0.3, -0.25) is 4.79 Å². The Hall–Kier alpha value is -2.60. The summed E-state index contributed by atoms with van der Waals surface area (Å²) < 4.78 is 31.0. The minimum Gasteiger partial charge on any atom is -0.483 e. The van der Waals surface area contributed by atoms with E-state index in [1.807, 2.05) is 45.9 Å². The number of carbonyl (C=O) groups excluding carboxylic acids is 1. The molecule has 0 amide bonds. The number of esters is 1. The van der Waals surface area contributed by atoms with Crippen LogP contribution in [0.5, 0.6) is 5.75 Å². The molecule has 2 aromatic carbocycles. The summed E-state index contributed by atoms with van der Waals surface area (Å²) in [5, 5.41) is 3.34. The molecule has 3 rings (SSSR count). The minimum atomic E-state index is -0.735. The number of ether oxygens (including phenoxy) is 3. The van der Waals surface area contributed by atoms with Gasteiger partial charge in [0, 0.05) is 24.7 Å². The number of fused-ring (bicyclic) bond motifs is 1. The third-order valence-corrected chi connectivity index (χ3v) is 4.77. The fraction of sp³-hybridized carbons (Fsp3) is 0.435. The zero-order valence-electron chi connectivity index (χ0n) is 17.5. The summed E-state index contributed by atoms with van der Waals surface area (Å²) in [6.45, 7) is 9.61. The second kappa shape index (κ2) is 8.41. The van der Waals surface area contributed by atoms with Gasteiger partial charge in [-0.25, -0.2) is 4.39 Å². The van der Waals surface area contributed by atoms with Gasteiger partial charge in [0.2, 0.25) is 0 Å². The van der Waals surface area contributed by atoms with Crippen LogP contribution in [0.2, 0.25) is 0 Å². The first-order valence-corrected chi connectivity index (χ1v) is 9.79. The van der Waals surface area contributed by atoms with Crippen molar-refractivity contribution >= 4 is 11.7 Å². The van der Waals surface area contributed by atoms with E-state index in [0.29, 0.717) is 12.3 Å². The Morgan fingerprint density at radius 2 is 1.90 bits per heavy atom. The number of hydrogen-bond acceptors (Lipinski definition) is 5. The average molecular weight is 401 g/mol. The molecular formula is C23H28FNO4. The van der Waals surface area contributed by atoms with Gasteiger partial charge in [0.1, 0.15) is 23.3 Å². The molecular weight excluding hydrogens is 373 g/mol. The van der Waals surface area contributed by atoms with Crippen molar-refractivity contribution in [1.29, 1.82) is 0 Å². The van der Waals surface area contributed by atoms with Crippen molar-refractivity contribution in [3.8, 4) is 5.75 Å². The lowest BCUT2D eigenvalue weighted by Crippen LogP contribution is -2.52. The maximum atomic E-state index is 13.1. The Bertz CT molecular complexity index is 864. The molecule has 1 heterocycles. The van der Waals surface area contributed by atoms with E-state index in [-0.39, 0.29) is 17.9 Å². The van der Waals surface area contributed by atoms with Crippen LogP contribution >= 0.6 is 0 Å². The smallest absolute Gasteiger partial charge is 0.303 e. The molecule has 0 radical (unpaired) electrons. The monoisotopic (exact) mass is 401 g/mol. The molecule has 5 nitrogen and oxygen atoms in total. The highest BCUT2D eigenvalue weighted by atomic mass is 19.1. The summed E-state index contributed by atoms with van der Waals surface area (Å²) in [5.74, 6) is 0.0712. The molecule has 29 heavy (non-hydrogen) atoms. The summed E-state index contributed by atoms with van der Waals surface area (Å²) in [7, 11) is 0. The maximum absolute atomic E-state index is 13.1. The van der Waals surface area contributed by atoms with Crippen LogP contribution in [0.1, 0.15) is 51.8 Å². The summed E-state index contributed by atoms with van der Waals surface area (Å²) in [6, 6.07) is 12.1. The van der Waals surface area contributed by atoms with Crippen LogP contribution in [0.4, 0.5) is 10.1 Å². The van der Waals surface area contributed by atoms with E-state index in [2.05, 4.69) is 5.32 Å². The van der Waals surface area contributed by atoms with Crippen LogP contribution in [0, 0.1) is 5.82 Å². The third-order valence-electron chi connectivity index (χ3n) is 4.77. The number of halogens is 1. The first-order chi connectivity index (χ1) is 13.7. The molecule has 2 aromatic rings. The summed E-state index contributed by atoms with van der Waals surface area (Å²) in [4.78, 5) is 11.7. The Balaban J connectivity index is 1.89. The highest BCUT2D eigenvalue weighted by Gasteiger charge is 2.47. The van der Waals surface area contributed by atoms with E-state index in [4.69, 9.17) is 14.2 Å². The predicted molar refractivity (Wildman–Crippen MR) is 109 cm³/mol. The molecule has 0 spiro atoms. The Morgan fingerprint density at radius 1 is 1.21 bits per heavy atom.